The third-order valence-corrected chi connectivity index (χ3v) is 5.15. The van der Waals surface area contributed by atoms with Crippen LogP contribution in [0, 0.1) is 3.57 Å². The summed E-state index contributed by atoms with van der Waals surface area (Å²) in [6.45, 7) is 16.0. The maximum absolute atomic E-state index is 6.09. The van der Waals surface area contributed by atoms with E-state index < -0.39 is 0 Å². The van der Waals surface area contributed by atoms with Gasteiger partial charge in [0.1, 0.15) is 5.75 Å². The lowest BCUT2D eigenvalue weighted by Crippen LogP contribution is -2.18. The van der Waals surface area contributed by atoms with Crippen LogP contribution in [0.3, 0.4) is 0 Å². The van der Waals surface area contributed by atoms with Crippen LogP contribution < -0.4 is 10.5 Å². The summed E-state index contributed by atoms with van der Waals surface area (Å²) < 4.78 is 7.02. The van der Waals surface area contributed by atoms with Crippen LogP contribution in [0.2, 0.25) is 0 Å². The monoisotopic (exact) mass is 441 g/mol. The average Bonchev–Trinajstić information content (AvgIpc) is 2.77. The number of H-pyrrole nitrogens is 1. The fourth-order valence-corrected chi connectivity index (χ4v) is 3.16. The molecule has 2 aromatic rings. The zero-order valence-corrected chi connectivity index (χ0v) is 17.8. The fourth-order valence-electron chi connectivity index (χ4n) is 2.63. The number of nitrogens with one attached hydrogen (secondary N) is 1. The Balaban J connectivity index is 2.86. The van der Waals surface area contributed by atoms with Gasteiger partial charge in [0.05, 0.1) is 15.9 Å². The molecule has 0 aliphatic rings. The topological polar surface area (TPSA) is 63.9 Å². The number of aromatic amines is 1. The summed E-state index contributed by atoms with van der Waals surface area (Å²) in [6.07, 6.45) is 0. The average molecular weight is 441 g/mol. The van der Waals surface area contributed by atoms with Crippen LogP contribution in [0.4, 0.5) is 5.82 Å². The van der Waals surface area contributed by atoms with E-state index in [1.165, 1.54) is 11.1 Å². The molecule has 0 atom stereocenters. The normalized spacial score (nSPS) is 12.5. The lowest BCUT2D eigenvalue weighted by molar-refractivity contribution is 0.330. The van der Waals surface area contributed by atoms with E-state index in [2.05, 4.69) is 86.5 Å². The van der Waals surface area contributed by atoms with Crippen molar-refractivity contribution in [3.63, 3.8) is 0 Å². The van der Waals surface area contributed by atoms with Gasteiger partial charge in [-0.2, -0.15) is 5.10 Å². The Bertz CT molecular complexity index is 736. The molecule has 0 saturated carbocycles. The van der Waals surface area contributed by atoms with E-state index in [9.17, 15) is 0 Å². The van der Waals surface area contributed by atoms with Gasteiger partial charge >= 0.3 is 0 Å². The Labute approximate surface area is 158 Å². The van der Waals surface area contributed by atoms with E-state index in [-0.39, 0.29) is 10.8 Å². The van der Waals surface area contributed by atoms with E-state index in [0.717, 1.165) is 20.6 Å². The molecule has 2 rings (SSSR count). The van der Waals surface area contributed by atoms with Crippen molar-refractivity contribution in [1.82, 2.24) is 10.2 Å². The second kappa shape index (κ2) is 6.58. The summed E-state index contributed by atoms with van der Waals surface area (Å²) in [6, 6.07) is 4.48. The quantitative estimate of drug-likeness (QED) is 0.639. The highest BCUT2D eigenvalue weighted by molar-refractivity contribution is 14.1. The number of nitrogens with zero attached hydrogens (tertiary/aromatic N) is 1. The first kappa shape index (κ1) is 19.1. The van der Waals surface area contributed by atoms with Crippen molar-refractivity contribution in [2.75, 3.05) is 12.3 Å². The van der Waals surface area contributed by atoms with Crippen molar-refractivity contribution in [3.05, 3.63) is 26.8 Å². The Morgan fingerprint density at radius 2 is 1.75 bits per heavy atom. The highest BCUT2D eigenvalue weighted by Crippen LogP contribution is 2.43. The molecule has 1 aromatic carbocycles. The smallest absolute Gasteiger partial charge is 0.159 e. The molecular weight excluding hydrogens is 413 g/mol. The van der Waals surface area contributed by atoms with Crippen LogP contribution in [0.15, 0.2) is 12.1 Å². The molecule has 0 unspecified atom stereocenters. The van der Waals surface area contributed by atoms with Gasteiger partial charge < -0.3 is 10.5 Å². The van der Waals surface area contributed by atoms with Crippen molar-refractivity contribution < 1.29 is 4.74 Å². The standard InChI is InChI=1S/C19H28IN3O/c1-8-24-16-12(15-14(20)17(21)23-22-15)9-11(18(2,3)4)10-13(16)19(5,6)7/h9-10H,8H2,1-7H3,(H3,21,22,23). The number of anilines is 1. The molecule has 0 bridgehead atoms. The van der Waals surface area contributed by atoms with Gasteiger partial charge in [0.25, 0.3) is 0 Å². The predicted molar refractivity (Wildman–Crippen MR) is 110 cm³/mol. The number of rotatable bonds is 3. The van der Waals surface area contributed by atoms with Gasteiger partial charge in [0, 0.05) is 11.1 Å². The van der Waals surface area contributed by atoms with Gasteiger partial charge in [-0.1, -0.05) is 47.6 Å². The minimum Gasteiger partial charge on any atom is -0.493 e. The van der Waals surface area contributed by atoms with E-state index in [1.54, 1.807) is 0 Å². The van der Waals surface area contributed by atoms with Crippen LogP contribution in [0.5, 0.6) is 5.75 Å². The Kier molecular flexibility index (Phi) is 5.23. The molecule has 0 radical (unpaired) electrons. The summed E-state index contributed by atoms with van der Waals surface area (Å²) in [4.78, 5) is 0. The van der Waals surface area contributed by atoms with Gasteiger partial charge in [-0.15, -0.1) is 0 Å². The molecule has 24 heavy (non-hydrogen) atoms. The van der Waals surface area contributed by atoms with Gasteiger partial charge in [0.15, 0.2) is 5.82 Å². The summed E-state index contributed by atoms with van der Waals surface area (Å²) in [5.74, 6) is 1.44. The molecule has 0 saturated heterocycles. The number of benzene rings is 1. The zero-order chi connectivity index (χ0) is 18.3. The summed E-state index contributed by atoms with van der Waals surface area (Å²) in [5.41, 5.74) is 10.4. The SMILES string of the molecule is CCOc1c(-c2[nH]nc(N)c2I)cc(C(C)(C)C)cc1C(C)(C)C. The molecule has 0 fully saturated rings. The second-order valence-electron chi connectivity index (χ2n) is 8.13. The van der Waals surface area contributed by atoms with E-state index in [4.69, 9.17) is 10.5 Å². The van der Waals surface area contributed by atoms with E-state index in [1.807, 2.05) is 6.92 Å². The lowest BCUT2D eigenvalue weighted by Gasteiger charge is -2.29. The van der Waals surface area contributed by atoms with Crippen LogP contribution in [0.1, 0.15) is 59.6 Å². The summed E-state index contributed by atoms with van der Waals surface area (Å²) in [5, 5.41) is 7.25. The molecule has 5 heteroatoms. The Hall–Kier alpha value is -1.24. The number of nitrogens with two attached hydrogens (primary N) is 1. The first-order valence-corrected chi connectivity index (χ1v) is 9.36. The molecule has 0 aliphatic heterocycles. The fraction of sp³-hybridized carbons (Fsp3) is 0.526. The number of aromatic nitrogens is 2. The summed E-state index contributed by atoms with van der Waals surface area (Å²) >= 11 is 2.24. The van der Waals surface area contributed by atoms with E-state index >= 15 is 0 Å². The maximum atomic E-state index is 6.09. The molecule has 4 nitrogen and oxygen atoms in total. The lowest BCUT2D eigenvalue weighted by atomic mass is 9.78. The minimum absolute atomic E-state index is 0.0302. The predicted octanol–water partition coefficient (Wildman–Crippen LogP) is 5.26. The highest BCUT2D eigenvalue weighted by atomic mass is 127. The van der Waals surface area contributed by atoms with Gasteiger partial charge in [-0.3, -0.25) is 5.10 Å². The van der Waals surface area contributed by atoms with Crippen molar-refractivity contribution in [1.29, 1.82) is 0 Å². The number of halogens is 1. The van der Waals surface area contributed by atoms with Crippen LogP contribution in [-0.4, -0.2) is 16.8 Å². The molecule has 132 valence electrons. The van der Waals surface area contributed by atoms with Gasteiger partial charge in [0.2, 0.25) is 0 Å². The highest BCUT2D eigenvalue weighted by Gasteiger charge is 2.28. The largest absolute Gasteiger partial charge is 0.493 e. The first-order valence-electron chi connectivity index (χ1n) is 8.28. The van der Waals surface area contributed by atoms with Gasteiger partial charge in [-0.05, 0) is 52.0 Å². The third-order valence-electron chi connectivity index (χ3n) is 4.05. The maximum Gasteiger partial charge on any atom is 0.159 e. The number of nitrogen functional groups attached to an aromatic ring is 1. The molecule has 0 spiro atoms. The van der Waals surface area contributed by atoms with E-state index in [0.29, 0.717) is 12.4 Å². The first-order chi connectivity index (χ1) is 11.0. The van der Waals surface area contributed by atoms with Crippen LogP contribution in [-0.2, 0) is 10.8 Å². The van der Waals surface area contributed by atoms with Gasteiger partial charge in [-0.25, -0.2) is 0 Å². The van der Waals surface area contributed by atoms with Crippen molar-refractivity contribution in [2.24, 2.45) is 0 Å². The molecule has 0 aliphatic carbocycles. The van der Waals surface area contributed by atoms with Crippen LogP contribution >= 0.6 is 22.6 Å². The molecule has 0 amide bonds. The third kappa shape index (κ3) is 3.71. The second-order valence-corrected chi connectivity index (χ2v) is 9.21. The number of ether oxygens (including phenoxy) is 1. The number of hydrogen-bond donors (Lipinski definition) is 2. The summed E-state index contributed by atoms with van der Waals surface area (Å²) in [7, 11) is 0. The van der Waals surface area contributed by atoms with Crippen molar-refractivity contribution in [2.45, 2.75) is 59.3 Å². The zero-order valence-electron chi connectivity index (χ0n) is 15.7. The molecule has 1 heterocycles. The Morgan fingerprint density at radius 1 is 1.12 bits per heavy atom. The van der Waals surface area contributed by atoms with Crippen molar-refractivity contribution >= 4 is 28.4 Å². The number of hydrogen-bond acceptors (Lipinski definition) is 3. The Morgan fingerprint density at radius 3 is 2.17 bits per heavy atom. The van der Waals surface area contributed by atoms with Crippen LogP contribution in [0.25, 0.3) is 11.3 Å². The molecule has 1 aromatic heterocycles. The van der Waals surface area contributed by atoms with Crippen molar-refractivity contribution in [3.8, 4) is 17.0 Å². The minimum atomic E-state index is -0.0302. The molecular formula is C19H28IN3O. The molecule has 3 N–H and O–H groups in total.